The fourth-order valence-corrected chi connectivity index (χ4v) is 2.32. The zero-order chi connectivity index (χ0) is 15.6. The lowest BCUT2D eigenvalue weighted by atomic mass is 10.1. The van der Waals surface area contributed by atoms with Crippen LogP contribution < -0.4 is 5.32 Å². The first-order chi connectivity index (χ1) is 11.3. The molecular formula is C17H12N4O2. The molecule has 0 bridgehead atoms. The summed E-state index contributed by atoms with van der Waals surface area (Å²) in [6.07, 6.45) is 3.48. The van der Waals surface area contributed by atoms with E-state index in [0.29, 0.717) is 11.4 Å². The Kier molecular flexibility index (Phi) is 3.12. The lowest BCUT2D eigenvalue weighted by Crippen LogP contribution is -2.12. The average molecular weight is 304 g/mol. The Labute approximate surface area is 131 Å². The van der Waals surface area contributed by atoms with Crippen molar-refractivity contribution in [3.63, 3.8) is 0 Å². The van der Waals surface area contributed by atoms with Crippen LogP contribution in [0.1, 0.15) is 10.5 Å². The molecule has 0 radical (unpaired) electrons. The third kappa shape index (κ3) is 2.57. The predicted molar refractivity (Wildman–Crippen MR) is 85.1 cm³/mol. The third-order valence-corrected chi connectivity index (χ3v) is 3.46. The molecule has 1 amide bonds. The molecule has 3 heterocycles. The number of hydrogen-bond acceptors (Lipinski definition) is 4. The van der Waals surface area contributed by atoms with E-state index in [0.717, 1.165) is 11.1 Å². The number of anilines is 1. The minimum absolute atomic E-state index is 0.234. The topological polar surface area (TPSA) is 72.4 Å². The highest BCUT2D eigenvalue weighted by molar-refractivity contribution is 6.03. The summed E-state index contributed by atoms with van der Waals surface area (Å²) >= 11 is 0. The van der Waals surface area contributed by atoms with Gasteiger partial charge in [0.25, 0.3) is 5.91 Å². The van der Waals surface area contributed by atoms with Crippen LogP contribution in [0.2, 0.25) is 0 Å². The fourth-order valence-electron chi connectivity index (χ4n) is 2.32. The van der Waals surface area contributed by atoms with Crippen molar-refractivity contribution in [1.29, 1.82) is 0 Å². The standard InChI is InChI=1S/C17H12N4O2/c22-17(19-13-7-9-21-14(10-13)6-8-18-21)15-11-16(23-20-15)12-4-2-1-3-5-12/h1-11H,(H,19,22). The number of amides is 1. The Balaban J connectivity index is 1.56. The highest BCUT2D eigenvalue weighted by Gasteiger charge is 2.14. The van der Waals surface area contributed by atoms with Crippen molar-refractivity contribution in [2.45, 2.75) is 0 Å². The van der Waals surface area contributed by atoms with Crippen LogP contribution in [-0.2, 0) is 0 Å². The second-order valence-corrected chi connectivity index (χ2v) is 5.01. The molecule has 6 nitrogen and oxygen atoms in total. The van der Waals surface area contributed by atoms with E-state index in [2.05, 4.69) is 15.6 Å². The quantitative estimate of drug-likeness (QED) is 0.630. The van der Waals surface area contributed by atoms with Crippen LogP contribution in [0.15, 0.2) is 71.5 Å². The van der Waals surface area contributed by atoms with Crippen molar-refractivity contribution in [2.75, 3.05) is 5.32 Å². The largest absolute Gasteiger partial charge is 0.355 e. The molecule has 1 N–H and O–H groups in total. The van der Waals surface area contributed by atoms with Gasteiger partial charge in [-0.2, -0.15) is 5.10 Å². The number of carbonyl (C=O) groups is 1. The van der Waals surface area contributed by atoms with E-state index in [1.807, 2.05) is 42.5 Å². The summed E-state index contributed by atoms with van der Waals surface area (Å²) in [5.74, 6) is 0.238. The minimum Gasteiger partial charge on any atom is -0.355 e. The van der Waals surface area contributed by atoms with E-state index in [4.69, 9.17) is 4.52 Å². The van der Waals surface area contributed by atoms with Gasteiger partial charge in [0.05, 0.1) is 5.52 Å². The lowest BCUT2D eigenvalue weighted by molar-refractivity contribution is 0.101. The molecule has 0 atom stereocenters. The van der Waals surface area contributed by atoms with Crippen molar-refractivity contribution in [3.05, 3.63) is 72.7 Å². The van der Waals surface area contributed by atoms with Crippen molar-refractivity contribution in [1.82, 2.24) is 14.8 Å². The van der Waals surface area contributed by atoms with Gasteiger partial charge in [0, 0.05) is 29.7 Å². The maximum atomic E-state index is 12.3. The van der Waals surface area contributed by atoms with Crippen molar-refractivity contribution < 1.29 is 9.32 Å². The Morgan fingerprint density at radius 1 is 1.09 bits per heavy atom. The predicted octanol–water partition coefficient (Wildman–Crippen LogP) is 3.24. The Hall–Kier alpha value is -3.41. The van der Waals surface area contributed by atoms with Gasteiger partial charge < -0.3 is 9.84 Å². The van der Waals surface area contributed by atoms with Crippen LogP contribution in [0.5, 0.6) is 0 Å². The van der Waals surface area contributed by atoms with Crippen LogP contribution in [0.25, 0.3) is 16.8 Å². The van der Waals surface area contributed by atoms with E-state index >= 15 is 0 Å². The normalized spacial score (nSPS) is 10.8. The van der Waals surface area contributed by atoms with E-state index in [9.17, 15) is 4.79 Å². The molecule has 0 saturated carbocycles. The maximum Gasteiger partial charge on any atom is 0.277 e. The molecule has 4 rings (SSSR count). The summed E-state index contributed by atoms with van der Waals surface area (Å²) in [6, 6.07) is 16.6. The van der Waals surface area contributed by atoms with Gasteiger partial charge in [-0.25, -0.2) is 4.52 Å². The molecule has 0 aliphatic heterocycles. The number of nitrogens with zero attached hydrogens (tertiary/aromatic N) is 3. The van der Waals surface area contributed by atoms with Gasteiger partial charge in [0.1, 0.15) is 0 Å². The summed E-state index contributed by atoms with van der Waals surface area (Å²) < 4.78 is 6.96. The minimum atomic E-state index is -0.320. The number of pyridine rings is 1. The van der Waals surface area contributed by atoms with E-state index < -0.39 is 0 Å². The van der Waals surface area contributed by atoms with Crippen LogP contribution in [0.4, 0.5) is 5.69 Å². The highest BCUT2D eigenvalue weighted by Crippen LogP contribution is 2.20. The summed E-state index contributed by atoms with van der Waals surface area (Å²) in [6.45, 7) is 0. The van der Waals surface area contributed by atoms with Gasteiger partial charge in [0.2, 0.25) is 0 Å². The van der Waals surface area contributed by atoms with E-state index in [-0.39, 0.29) is 11.6 Å². The first kappa shape index (κ1) is 13.3. The molecule has 0 spiro atoms. The van der Waals surface area contributed by atoms with Crippen LogP contribution in [0.3, 0.4) is 0 Å². The number of fused-ring (bicyclic) bond motifs is 1. The van der Waals surface area contributed by atoms with Gasteiger partial charge in [-0.15, -0.1) is 0 Å². The molecule has 4 aromatic rings. The molecule has 0 unspecified atom stereocenters. The maximum absolute atomic E-state index is 12.3. The first-order valence-corrected chi connectivity index (χ1v) is 7.06. The molecule has 3 aromatic heterocycles. The number of aromatic nitrogens is 3. The van der Waals surface area contributed by atoms with E-state index in [1.54, 1.807) is 29.0 Å². The van der Waals surface area contributed by atoms with Gasteiger partial charge in [-0.05, 0) is 18.2 Å². The molecule has 6 heteroatoms. The molecule has 112 valence electrons. The summed E-state index contributed by atoms with van der Waals surface area (Å²) in [7, 11) is 0. The number of benzene rings is 1. The zero-order valence-corrected chi connectivity index (χ0v) is 12.0. The Bertz CT molecular complexity index is 972. The molecule has 0 saturated heterocycles. The fraction of sp³-hybridized carbons (Fsp3) is 0. The molecule has 1 aromatic carbocycles. The second-order valence-electron chi connectivity index (χ2n) is 5.01. The highest BCUT2D eigenvalue weighted by atomic mass is 16.5. The number of nitrogens with one attached hydrogen (secondary N) is 1. The van der Waals surface area contributed by atoms with Crippen molar-refractivity contribution in [2.24, 2.45) is 0 Å². The van der Waals surface area contributed by atoms with Gasteiger partial charge >= 0.3 is 0 Å². The zero-order valence-electron chi connectivity index (χ0n) is 12.0. The summed E-state index contributed by atoms with van der Waals surface area (Å²) in [5, 5.41) is 10.7. The van der Waals surface area contributed by atoms with Gasteiger partial charge in [-0.3, -0.25) is 4.79 Å². The molecule has 0 fully saturated rings. The second kappa shape index (κ2) is 5.42. The first-order valence-electron chi connectivity index (χ1n) is 7.06. The number of carbonyl (C=O) groups excluding carboxylic acids is 1. The van der Waals surface area contributed by atoms with Gasteiger partial charge in [0.15, 0.2) is 11.5 Å². The number of rotatable bonds is 3. The van der Waals surface area contributed by atoms with Crippen LogP contribution in [0, 0.1) is 0 Å². The van der Waals surface area contributed by atoms with E-state index in [1.165, 1.54) is 0 Å². The van der Waals surface area contributed by atoms with Crippen molar-refractivity contribution in [3.8, 4) is 11.3 Å². The molecule has 0 aliphatic carbocycles. The Morgan fingerprint density at radius 2 is 1.96 bits per heavy atom. The molecule has 0 aliphatic rings. The summed E-state index contributed by atoms with van der Waals surface area (Å²) in [4.78, 5) is 12.3. The third-order valence-electron chi connectivity index (χ3n) is 3.46. The van der Waals surface area contributed by atoms with Crippen LogP contribution in [-0.4, -0.2) is 20.7 Å². The monoisotopic (exact) mass is 304 g/mol. The smallest absolute Gasteiger partial charge is 0.277 e. The Morgan fingerprint density at radius 3 is 2.83 bits per heavy atom. The number of hydrogen-bond donors (Lipinski definition) is 1. The average Bonchev–Trinajstić information content (AvgIpc) is 3.24. The molecule has 23 heavy (non-hydrogen) atoms. The van der Waals surface area contributed by atoms with Crippen LogP contribution >= 0.6 is 0 Å². The van der Waals surface area contributed by atoms with Gasteiger partial charge in [-0.1, -0.05) is 35.5 Å². The summed E-state index contributed by atoms with van der Waals surface area (Å²) in [5.41, 5.74) is 2.68. The lowest BCUT2D eigenvalue weighted by Gasteiger charge is -2.03. The molecular weight excluding hydrogens is 292 g/mol. The van der Waals surface area contributed by atoms with Crippen molar-refractivity contribution >= 4 is 17.1 Å². The SMILES string of the molecule is O=C(Nc1ccn2nccc2c1)c1cc(-c2ccccc2)on1.